The van der Waals surface area contributed by atoms with Crippen LogP contribution in [-0.2, 0) is 5.54 Å². The summed E-state index contributed by atoms with van der Waals surface area (Å²) in [6.45, 7) is 10.3. The Bertz CT molecular complexity index is 395. The maximum atomic E-state index is 3.75. The summed E-state index contributed by atoms with van der Waals surface area (Å²) in [5.41, 5.74) is 1.49. The summed E-state index contributed by atoms with van der Waals surface area (Å²) in [5.74, 6) is 2.52. The summed E-state index contributed by atoms with van der Waals surface area (Å²) in [4.78, 5) is 2.65. The van der Waals surface area contributed by atoms with E-state index in [4.69, 9.17) is 0 Å². The van der Waals surface area contributed by atoms with Crippen molar-refractivity contribution in [2.24, 2.45) is 0 Å². The molecule has 1 aromatic carbocycles. The third-order valence-corrected chi connectivity index (χ3v) is 5.26. The van der Waals surface area contributed by atoms with Crippen LogP contribution in [0.15, 0.2) is 30.3 Å². The van der Waals surface area contributed by atoms with E-state index in [0.29, 0.717) is 6.04 Å². The van der Waals surface area contributed by atoms with Gasteiger partial charge in [-0.25, -0.2) is 0 Å². The standard InChI is InChI=1S/C17H28N2S/c1-4-20-12-8-11-19-14-17(3,18-13-15(19)2)16-9-6-5-7-10-16/h5-7,9-10,15,18H,4,8,11-14H2,1-3H3. The fourth-order valence-corrected chi connectivity index (χ4v) is 3.55. The van der Waals surface area contributed by atoms with Gasteiger partial charge in [0.2, 0.25) is 0 Å². The van der Waals surface area contributed by atoms with Crippen molar-refractivity contribution in [2.45, 2.75) is 38.8 Å². The number of thioether (sulfide) groups is 1. The van der Waals surface area contributed by atoms with Gasteiger partial charge in [-0.15, -0.1) is 0 Å². The van der Waals surface area contributed by atoms with Crippen LogP contribution in [0.1, 0.15) is 32.8 Å². The molecule has 2 atom stereocenters. The van der Waals surface area contributed by atoms with Crippen LogP contribution < -0.4 is 5.32 Å². The van der Waals surface area contributed by atoms with Crippen molar-refractivity contribution in [3.8, 4) is 0 Å². The molecule has 1 saturated heterocycles. The first-order valence-electron chi connectivity index (χ1n) is 7.78. The summed E-state index contributed by atoms with van der Waals surface area (Å²) < 4.78 is 0. The summed E-state index contributed by atoms with van der Waals surface area (Å²) in [7, 11) is 0. The highest BCUT2D eigenvalue weighted by molar-refractivity contribution is 7.99. The zero-order valence-electron chi connectivity index (χ0n) is 13.1. The Kier molecular flexibility index (Phi) is 5.94. The summed E-state index contributed by atoms with van der Waals surface area (Å²) >= 11 is 2.05. The van der Waals surface area contributed by atoms with Gasteiger partial charge in [0, 0.05) is 19.1 Å². The molecule has 1 aromatic rings. The minimum Gasteiger partial charge on any atom is -0.305 e. The number of benzene rings is 1. The number of nitrogens with zero attached hydrogens (tertiary/aromatic N) is 1. The van der Waals surface area contributed by atoms with Crippen molar-refractivity contribution in [1.82, 2.24) is 10.2 Å². The molecule has 0 aromatic heterocycles. The molecule has 0 saturated carbocycles. The first-order chi connectivity index (χ1) is 9.65. The van der Waals surface area contributed by atoms with Gasteiger partial charge in [-0.05, 0) is 43.9 Å². The quantitative estimate of drug-likeness (QED) is 0.810. The van der Waals surface area contributed by atoms with Crippen LogP contribution >= 0.6 is 11.8 Å². The van der Waals surface area contributed by atoms with Gasteiger partial charge in [0.05, 0.1) is 5.54 Å². The molecule has 0 bridgehead atoms. The van der Waals surface area contributed by atoms with E-state index < -0.39 is 0 Å². The monoisotopic (exact) mass is 292 g/mol. The maximum Gasteiger partial charge on any atom is 0.0535 e. The van der Waals surface area contributed by atoms with Gasteiger partial charge in [-0.3, -0.25) is 4.90 Å². The van der Waals surface area contributed by atoms with Crippen LogP contribution in [0.4, 0.5) is 0 Å². The molecule has 0 radical (unpaired) electrons. The molecule has 20 heavy (non-hydrogen) atoms. The highest BCUT2D eigenvalue weighted by atomic mass is 32.2. The Balaban J connectivity index is 1.96. The first-order valence-corrected chi connectivity index (χ1v) is 8.93. The van der Waals surface area contributed by atoms with Crippen molar-refractivity contribution in [3.05, 3.63) is 35.9 Å². The van der Waals surface area contributed by atoms with Crippen LogP contribution in [0.2, 0.25) is 0 Å². The molecule has 1 aliphatic heterocycles. The molecule has 0 amide bonds. The fourth-order valence-electron chi connectivity index (χ4n) is 2.93. The van der Waals surface area contributed by atoms with Gasteiger partial charge in [0.25, 0.3) is 0 Å². The Morgan fingerprint density at radius 3 is 2.80 bits per heavy atom. The zero-order chi connectivity index (χ0) is 14.4. The first kappa shape index (κ1) is 15.9. The van der Waals surface area contributed by atoms with Gasteiger partial charge in [0.15, 0.2) is 0 Å². The highest BCUT2D eigenvalue weighted by Crippen LogP contribution is 2.26. The number of hydrogen-bond acceptors (Lipinski definition) is 3. The normalized spacial score (nSPS) is 27.6. The third-order valence-electron chi connectivity index (χ3n) is 4.28. The number of piperazine rings is 1. The molecule has 3 heteroatoms. The lowest BCUT2D eigenvalue weighted by atomic mass is 9.88. The Morgan fingerprint density at radius 1 is 1.35 bits per heavy atom. The van der Waals surface area contributed by atoms with E-state index in [1.54, 1.807) is 0 Å². The van der Waals surface area contributed by atoms with E-state index in [1.165, 1.54) is 30.0 Å². The fraction of sp³-hybridized carbons (Fsp3) is 0.647. The van der Waals surface area contributed by atoms with Crippen LogP contribution in [0.5, 0.6) is 0 Å². The van der Waals surface area contributed by atoms with Crippen LogP contribution in [0.25, 0.3) is 0 Å². The highest BCUT2D eigenvalue weighted by Gasteiger charge is 2.34. The zero-order valence-corrected chi connectivity index (χ0v) is 13.9. The second-order valence-corrected chi connectivity index (χ2v) is 7.34. The van der Waals surface area contributed by atoms with Gasteiger partial charge in [-0.1, -0.05) is 37.3 Å². The molecule has 1 fully saturated rings. The van der Waals surface area contributed by atoms with Gasteiger partial charge in [-0.2, -0.15) is 11.8 Å². The molecule has 2 rings (SSSR count). The molecule has 2 nitrogen and oxygen atoms in total. The molecular formula is C17H28N2S. The van der Waals surface area contributed by atoms with Crippen molar-refractivity contribution in [3.63, 3.8) is 0 Å². The van der Waals surface area contributed by atoms with E-state index in [1.807, 2.05) is 0 Å². The molecule has 112 valence electrons. The number of hydrogen-bond donors (Lipinski definition) is 1. The Labute approximate surface area is 128 Å². The molecular weight excluding hydrogens is 264 g/mol. The largest absolute Gasteiger partial charge is 0.305 e. The minimum atomic E-state index is 0.0890. The minimum absolute atomic E-state index is 0.0890. The molecule has 0 aliphatic carbocycles. The second-order valence-electron chi connectivity index (χ2n) is 5.95. The topological polar surface area (TPSA) is 15.3 Å². The molecule has 1 aliphatic rings. The lowest BCUT2D eigenvalue weighted by molar-refractivity contribution is 0.0951. The van der Waals surface area contributed by atoms with Crippen molar-refractivity contribution in [1.29, 1.82) is 0 Å². The number of rotatable bonds is 6. The van der Waals surface area contributed by atoms with Crippen LogP contribution in [-0.4, -0.2) is 42.1 Å². The predicted octanol–water partition coefficient (Wildman–Crippen LogP) is 3.34. The van der Waals surface area contributed by atoms with Crippen molar-refractivity contribution >= 4 is 11.8 Å². The average molecular weight is 292 g/mol. The van der Waals surface area contributed by atoms with Gasteiger partial charge >= 0.3 is 0 Å². The lowest BCUT2D eigenvalue weighted by Crippen LogP contribution is -2.60. The van der Waals surface area contributed by atoms with E-state index in [2.05, 4.69) is 73.1 Å². The van der Waals surface area contributed by atoms with Crippen molar-refractivity contribution < 1.29 is 0 Å². The summed E-state index contributed by atoms with van der Waals surface area (Å²) in [6, 6.07) is 11.5. The van der Waals surface area contributed by atoms with E-state index in [0.717, 1.165) is 13.1 Å². The predicted molar refractivity (Wildman–Crippen MR) is 90.4 cm³/mol. The Morgan fingerprint density at radius 2 is 2.10 bits per heavy atom. The second kappa shape index (κ2) is 7.48. The van der Waals surface area contributed by atoms with Crippen molar-refractivity contribution in [2.75, 3.05) is 31.1 Å². The van der Waals surface area contributed by atoms with E-state index in [9.17, 15) is 0 Å². The van der Waals surface area contributed by atoms with Gasteiger partial charge in [0.1, 0.15) is 0 Å². The molecule has 1 heterocycles. The Hall–Kier alpha value is -0.510. The SMILES string of the molecule is CCSCCCN1CC(C)(c2ccccc2)NCC1C. The molecule has 1 N–H and O–H groups in total. The van der Waals surface area contributed by atoms with Crippen LogP contribution in [0.3, 0.4) is 0 Å². The molecule has 0 spiro atoms. The third kappa shape index (κ3) is 4.00. The summed E-state index contributed by atoms with van der Waals surface area (Å²) in [6.07, 6.45) is 1.30. The van der Waals surface area contributed by atoms with E-state index >= 15 is 0 Å². The number of nitrogens with one attached hydrogen (secondary N) is 1. The molecule has 2 unspecified atom stereocenters. The smallest absolute Gasteiger partial charge is 0.0535 e. The summed E-state index contributed by atoms with van der Waals surface area (Å²) in [5, 5.41) is 3.75. The van der Waals surface area contributed by atoms with Crippen LogP contribution in [0, 0.1) is 0 Å². The lowest BCUT2D eigenvalue weighted by Gasteiger charge is -2.45. The maximum absolute atomic E-state index is 3.75. The van der Waals surface area contributed by atoms with E-state index in [-0.39, 0.29) is 5.54 Å². The average Bonchev–Trinajstić information content (AvgIpc) is 2.48. The van der Waals surface area contributed by atoms with Gasteiger partial charge < -0.3 is 5.32 Å².